The van der Waals surface area contributed by atoms with E-state index in [4.69, 9.17) is 4.74 Å². The van der Waals surface area contributed by atoms with Crippen LogP contribution in [0.25, 0.3) is 0 Å². The van der Waals surface area contributed by atoms with E-state index in [-0.39, 0.29) is 16.8 Å². The van der Waals surface area contributed by atoms with Crippen molar-refractivity contribution in [3.8, 4) is 5.75 Å². The number of amidine groups is 1. The lowest BCUT2D eigenvalue weighted by Gasteiger charge is -2.32. The largest absolute Gasteiger partial charge is 0.426 e. The number of esters is 1. The molecule has 0 amide bonds. The number of ether oxygens (including phenoxy) is 1. The first-order chi connectivity index (χ1) is 13.4. The van der Waals surface area contributed by atoms with Crippen LogP contribution in [0.1, 0.15) is 29.5 Å². The van der Waals surface area contributed by atoms with Crippen molar-refractivity contribution in [1.82, 2.24) is 4.90 Å². The predicted octanol–water partition coefficient (Wildman–Crippen LogP) is 3.07. The van der Waals surface area contributed by atoms with Crippen molar-refractivity contribution in [2.24, 2.45) is 10.3 Å². The van der Waals surface area contributed by atoms with E-state index in [9.17, 15) is 13.2 Å². The van der Waals surface area contributed by atoms with Crippen LogP contribution in [0.4, 0.5) is 0 Å². The number of rotatable bonds is 2. The van der Waals surface area contributed by atoms with E-state index >= 15 is 0 Å². The minimum atomic E-state index is -3.63. The van der Waals surface area contributed by atoms with Crippen LogP contribution in [-0.4, -0.2) is 38.2 Å². The first-order valence-corrected chi connectivity index (χ1v) is 10.8. The van der Waals surface area contributed by atoms with Gasteiger partial charge >= 0.3 is 5.97 Å². The Bertz CT molecular complexity index is 1050. The summed E-state index contributed by atoms with van der Waals surface area (Å²) < 4.78 is 34.2. The van der Waals surface area contributed by atoms with Crippen molar-refractivity contribution in [2.75, 3.05) is 13.1 Å². The highest BCUT2D eigenvalue weighted by atomic mass is 32.2. The number of sulfonamides is 1. The monoisotopic (exact) mass is 398 g/mol. The van der Waals surface area contributed by atoms with Crippen molar-refractivity contribution in [1.29, 1.82) is 0 Å². The molecule has 1 saturated heterocycles. The second-order valence-corrected chi connectivity index (χ2v) is 8.86. The molecule has 2 aromatic rings. The number of likely N-dealkylation sites (tertiary alicyclic amines) is 1. The number of aryl methyl sites for hydroxylation is 2. The minimum Gasteiger partial charge on any atom is -0.426 e. The van der Waals surface area contributed by atoms with Gasteiger partial charge in [0.05, 0.1) is 5.92 Å². The van der Waals surface area contributed by atoms with Gasteiger partial charge in [-0.2, -0.15) is 8.42 Å². The smallest absolute Gasteiger partial charge is 0.314 e. The third-order valence-electron chi connectivity index (χ3n) is 5.35. The van der Waals surface area contributed by atoms with E-state index in [0.29, 0.717) is 43.1 Å². The maximum absolute atomic E-state index is 12.6. The van der Waals surface area contributed by atoms with E-state index < -0.39 is 10.0 Å². The Labute approximate surface area is 164 Å². The summed E-state index contributed by atoms with van der Waals surface area (Å²) in [4.78, 5) is 14.8. The summed E-state index contributed by atoms with van der Waals surface area (Å²) in [5.74, 6) is 0.690. The molecule has 0 unspecified atom stereocenters. The SMILES string of the molecule is Cc1cccc(C)c1OC(=O)C1CCN(C2=NS(=O)(=O)c3ccccc32)CC1. The van der Waals surface area contributed by atoms with Crippen molar-refractivity contribution in [3.05, 3.63) is 59.2 Å². The molecule has 0 aromatic heterocycles. The highest BCUT2D eigenvalue weighted by Crippen LogP contribution is 2.30. The topological polar surface area (TPSA) is 76.0 Å². The molecule has 0 radical (unpaired) electrons. The summed E-state index contributed by atoms with van der Waals surface area (Å²) in [5.41, 5.74) is 2.51. The van der Waals surface area contributed by atoms with Gasteiger partial charge in [0.25, 0.3) is 10.0 Å². The Hall–Kier alpha value is -2.67. The molecule has 0 spiro atoms. The quantitative estimate of drug-likeness (QED) is 0.574. The molecule has 6 nitrogen and oxygen atoms in total. The molecule has 1 fully saturated rings. The number of hydrogen-bond acceptors (Lipinski definition) is 5. The molecular weight excluding hydrogens is 376 g/mol. The van der Waals surface area contributed by atoms with E-state index in [1.807, 2.05) is 43.0 Å². The van der Waals surface area contributed by atoms with Crippen molar-refractivity contribution in [3.63, 3.8) is 0 Å². The molecule has 2 aromatic carbocycles. The Morgan fingerprint density at radius 1 is 1.04 bits per heavy atom. The van der Waals surface area contributed by atoms with Crippen molar-refractivity contribution < 1.29 is 17.9 Å². The molecule has 0 bridgehead atoms. The molecular formula is C21H22N2O4S. The maximum atomic E-state index is 12.6. The Morgan fingerprint density at radius 3 is 2.36 bits per heavy atom. The lowest BCUT2D eigenvalue weighted by Crippen LogP contribution is -2.41. The Balaban J connectivity index is 1.45. The molecule has 7 heteroatoms. The lowest BCUT2D eigenvalue weighted by atomic mass is 9.96. The van der Waals surface area contributed by atoms with E-state index in [2.05, 4.69) is 4.40 Å². The van der Waals surface area contributed by atoms with Crippen LogP contribution in [0.2, 0.25) is 0 Å². The molecule has 0 N–H and O–H groups in total. The summed E-state index contributed by atoms with van der Waals surface area (Å²) in [6.45, 7) is 4.98. The number of para-hydroxylation sites is 1. The van der Waals surface area contributed by atoms with Gasteiger partial charge in [0.15, 0.2) is 5.84 Å². The zero-order valence-corrected chi connectivity index (χ0v) is 16.7. The van der Waals surface area contributed by atoms with E-state index in [0.717, 1.165) is 11.1 Å². The highest BCUT2D eigenvalue weighted by Gasteiger charge is 2.35. The molecule has 28 heavy (non-hydrogen) atoms. The molecule has 2 aliphatic heterocycles. The molecule has 4 rings (SSSR count). The molecule has 0 aliphatic carbocycles. The summed E-state index contributed by atoms with van der Waals surface area (Å²) in [5, 5.41) is 0. The number of benzene rings is 2. The highest BCUT2D eigenvalue weighted by molar-refractivity contribution is 7.90. The number of fused-ring (bicyclic) bond motifs is 1. The lowest BCUT2D eigenvalue weighted by molar-refractivity contribution is -0.140. The van der Waals surface area contributed by atoms with E-state index in [1.54, 1.807) is 18.2 Å². The summed E-state index contributed by atoms with van der Waals surface area (Å²) >= 11 is 0. The molecule has 146 valence electrons. The average molecular weight is 398 g/mol. The molecule has 2 heterocycles. The van der Waals surface area contributed by atoms with Gasteiger partial charge in [0, 0.05) is 18.7 Å². The zero-order chi connectivity index (χ0) is 19.9. The second kappa shape index (κ2) is 7.05. The van der Waals surface area contributed by atoms with Crippen LogP contribution >= 0.6 is 0 Å². The number of piperidine rings is 1. The first-order valence-electron chi connectivity index (χ1n) is 9.34. The van der Waals surface area contributed by atoms with Crippen molar-refractivity contribution in [2.45, 2.75) is 31.6 Å². The average Bonchev–Trinajstić information content (AvgIpc) is 2.96. The predicted molar refractivity (Wildman–Crippen MR) is 106 cm³/mol. The number of carbonyl (C=O) groups excluding carboxylic acids is 1. The number of nitrogens with zero attached hydrogens (tertiary/aromatic N) is 2. The van der Waals surface area contributed by atoms with Gasteiger partial charge < -0.3 is 9.64 Å². The van der Waals surface area contributed by atoms with Gasteiger partial charge in [-0.1, -0.05) is 30.3 Å². The summed E-state index contributed by atoms with van der Waals surface area (Å²) in [7, 11) is -3.63. The normalized spacial score (nSPS) is 18.5. The summed E-state index contributed by atoms with van der Waals surface area (Å²) in [6, 6.07) is 12.7. The molecule has 0 atom stereocenters. The number of hydrogen-bond donors (Lipinski definition) is 0. The van der Waals surface area contributed by atoms with Gasteiger partial charge in [0.1, 0.15) is 10.6 Å². The third-order valence-corrected chi connectivity index (χ3v) is 6.68. The van der Waals surface area contributed by atoms with E-state index in [1.165, 1.54) is 0 Å². The maximum Gasteiger partial charge on any atom is 0.314 e. The van der Waals surface area contributed by atoms with Gasteiger partial charge in [-0.25, -0.2) is 0 Å². The summed E-state index contributed by atoms with van der Waals surface area (Å²) in [6.07, 6.45) is 1.20. The van der Waals surface area contributed by atoms with Gasteiger partial charge in [-0.15, -0.1) is 4.40 Å². The van der Waals surface area contributed by atoms with Crippen LogP contribution in [0.3, 0.4) is 0 Å². The van der Waals surface area contributed by atoms with Crippen LogP contribution in [0, 0.1) is 19.8 Å². The fourth-order valence-electron chi connectivity index (χ4n) is 3.79. The van der Waals surface area contributed by atoms with Gasteiger partial charge in [-0.3, -0.25) is 4.79 Å². The second-order valence-electron chi connectivity index (χ2n) is 7.29. The molecule has 2 aliphatic rings. The van der Waals surface area contributed by atoms with Crippen molar-refractivity contribution >= 4 is 21.8 Å². The van der Waals surface area contributed by atoms with Crippen LogP contribution < -0.4 is 4.74 Å². The van der Waals surface area contributed by atoms with Crippen LogP contribution in [0.15, 0.2) is 51.8 Å². The first kappa shape index (κ1) is 18.7. The molecule has 0 saturated carbocycles. The number of carbonyl (C=O) groups is 1. The third kappa shape index (κ3) is 3.30. The fraction of sp³-hybridized carbons (Fsp3) is 0.333. The van der Waals surface area contributed by atoms with Gasteiger partial charge in [-0.05, 0) is 49.9 Å². The van der Waals surface area contributed by atoms with Crippen LogP contribution in [-0.2, 0) is 14.8 Å². The Kier molecular flexibility index (Phi) is 4.71. The van der Waals surface area contributed by atoms with Crippen LogP contribution in [0.5, 0.6) is 5.75 Å². The van der Waals surface area contributed by atoms with Gasteiger partial charge in [0.2, 0.25) is 0 Å². The minimum absolute atomic E-state index is 0.205. The fourth-order valence-corrected chi connectivity index (χ4v) is 5.02. The Morgan fingerprint density at radius 2 is 1.68 bits per heavy atom. The zero-order valence-electron chi connectivity index (χ0n) is 15.9. The standard InChI is InChI=1S/C21H22N2O4S/c1-14-6-5-7-15(2)19(14)27-21(24)16-10-12-23(13-11-16)20-17-8-3-4-9-18(17)28(25,26)22-20/h3-9,16H,10-13H2,1-2H3.